The van der Waals surface area contributed by atoms with E-state index in [4.69, 9.17) is 0 Å². The number of fused-ring (bicyclic) bond motifs is 1. The van der Waals surface area contributed by atoms with Gasteiger partial charge in [-0.05, 0) is 41.8 Å². The first-order valence-electron chi connectivity index (χ1n) is 8.43. The number of hydrogen-bond donors (Lipinski definition) is 0. The molecule has 0 atom stereocenters. The predicted octanol–water partition coefficient (Wildman–Crippen LogP) is 3.15. The third-order valence-corrected chi connectivity index (χ3v) is 4.55. The molecule has 0 unspecified atom stereocenters. The van der Waals surface area contributed by atoms with Gasteiger partial charge in [0.25, 0.3) is 0 Å². The van der Waals surface area contributed by atoms with Gasteiger partial charge in [0.1, 0.15) is 5.82 Å². The van der Waals surface area contributed by atoms with Crippen LogP contribution in [0.15, 0.2) is 48.5 Å². The van der Waals surface area contributed by atoms with Gasteiger partial charge >= 0.3 is 0 Å². The molecule has 0 bridgehead atoms. The molecule has 2 amide bonds. The maximum Gasteiger partial charge on any atom is 0.224 e. The van der Waals surface area contributed by atoms with Gasteiger partial charge in [-0.3, -0.25) is 9.59 Å². The summed E-state index contributed by atoms with van der Waals surface area (Å²) >= 11 is 0. The molecular formula is C20H21FN2O2. The number of amides is 2. The van der Waals surface area contributed by atoms with Crippen LogP contribution in [-0.4, -0.2) is 29.8 Å². The summed E-state index contributed by atoms with van der Waals surface area (Å²) in [4.78, 5) is 27.8. The van der Waals surface area contributed by atoms with E-state index in [1.54, 1.807) is 12.1 Å². The lowest BCUT2D eigenvalue weighted by molar-refractivity contribution is -0.131. The van der Waals surface area contributed by atoms with Crippen molar-refractivity contribution in [3.05, 3.63) is 65.5 Å². The fraction of sp³-hybridized carbons (Fsp3) is 0.300. The molecule has 4 nitrogen and oxygen atoms in total. The van der Waals surface area contributed by atoms with E-state index in [1.807, 2.05) is 17.0 Å². The van der Waals surface area contributed by atoms with Gasteiger partial charge in [-0.25, -0.2) is 4.39 Å². The molecule has 0 spiro atoms. The van der Waals surface area contributed by atoms with Gasteiger partial charge in [-0.15, -0.1) is 0 Å². The summed E-state index contributed by atoms with van der Waals surface area (Å²) in [6.07, 6.45) is 1.11. The SMILES string of the molecule is CC(=O)N(CCC(=O)N1CCc2ccccc2C1)c1ccc(F)cc1. The lowest BCUT2D eigenvalue weighted by Crippen LogP contribution is -2.39. The van der Waals surface area contributed by atoms with Gasteiger partial charge in [0.15, 0.2) is 0 Å². The van der Waals surface area contributed by atoms with E-state index < -0.39 is 0 Å². The van der Waals surface area contributed by atoms with Crippen LogP contribution < -0.4 is 4.90 Å². The number of carbonyl (C=O) groups is 2. The minimum Gasteiger partial charge on any atom is -0.338 e. The third kappa shape index (κ3) is 4.05. The van der Waals surface area contributed by atoms with Gasteiger partial charge in [0, 0.05) is 38.7 Å². The smallest absolute Gasteiger partial charge is 0.224 e. The number of benzene rings is 2. The Hall–Kier alpha value is -2.69. The van der Waals surface area contributed by atoms with Crippen molar-refractivity contribution < 1.29 is 14.0 Å². The molecule has 2 aromatic rings. The minimum atomic E-state index is -0.352. The van der Waals surface area contributed by atoms with Crippen LogP contribution in [0.5, 0.6) is 0 Å². The van der Waals surface area contributed by atoms with Crippen molar-refractivity contribution in [3.8, 4) is 0 Å². The number of carbonyl (C=O) groups excluding carboxylic acids is 2. The summed E-state index contributed by atoms with van der Waals surface area (Å²) in [5.41, 5.74) is 3.08. The Morgan fingerprint density at radius 2 is 1.76 bits per heavy atom. The quantitative estimate of drug-likeness (QED) is 0.858. The molecule has 0 aromatic heterocycles. The monoisotopic (exact) mass is 340 g/mol. The number of halogens is 1. The molecule has 0 radical (unpaired) electrons. The Balaban J connectivity index is 1.62. The highest BCUT2D eigenvalue weighted by Crippen LogP contribution is 2.20. The molecule has 1 aliphatic heterocycles. The summed E-state index contributed by atoms with van der Waals surface area (Å²) in [6, 6.07) is 13.9. The number of hydrogen-bond acceptors (Lipinski definition) is 2. The van der Waals surface area contributed by atoms with E-state index in [-0.39, 0.29) is 30.6 Å². The molecule has 3 rings (SSSR count). The van der Waals surface area contributed by atoms with Gasteiger partial charge in [0.2, 0.25) is 11.8 Å². The van der Waals surface area contributed by atoms with E-state index in [2.05, 4.69) is 12.1 Å². The molecule has 0 saturated heterocycles. The third-order valence-electron chi connectivity index (χ3n) is 4.55. The van der Waals surface area contributed by atoms with E-state index in [0.29, 0.717) is 18.8 Å². The lowest BCUT2D eigenvalue weighted by atomic mass is 10.00. The Morgan fingerprint density at radius 3 is 2.44 bits per heavy atom. The topological polar surface area (TPSA) is 40.6 Å². The largest absolute Gasteiger partial charge is 0.338 e. The Kier molecular flexibility index (Phi) is 5.12. The molecule has 1 heterocycles. The normalized spacial score (nSPS) is 13.3. The van der Waals surface area contributed by atoms with E-state index in [1.165, 1.54) is 35.1 Å². The van der Waals surface area contributed by atoms with Crippen LogP contribution in [0, 0.1) is 5.82 Å². The molecule has 0 fully saturated rings. The molecule has 1 aliphatic rings. The average Bonchev–Trinajstić information content (AvgIpc) is 2.62. The molecule has 5 heteroatoms. The van der Waals surface area contributed by atoms with Crippen LogP contribution in [0.25, 0.3) is 0 Å². The van der Waals surface area contributed by atoms with Gasteiger partial charge in [-0.2, -0.15) is 0 Å². The zero-order chi connectivity index (χ0) is 17.8. The van der Waals surface area contributed by atoms with Crippen molar-refractivity contribution in [2.24, 2.45) is 0 Å². The second-order valence-electron chi connectivity index (χ2n) is 6.23. The van der Waals surface area contributed by atoms with Crippen LogP contribution in [-0.2, 0) is 22.6 Å². The summed E-state index contributed by atoms with van der Waals surface area (Å²) in [5, 5.41) is 0. The van der Waals surface area contributed by atoms with Crippen molar-refractivity contribution in [2.45, 2.75) is 26.3 Å². The van der Waals surface area contributed by atoms with Crippen LogP contribution in [0.1, 0.15) is 24.5 Å². The minimum absolute atomic E-state index is 0.0304. The van der Waals surface area contributed by atoms with Crippen LogP contribution in [0.2, 0.25) is 0 Å². The fourth-order valence-electron chi connectivity index (χ4n) is 3.16. The van der Waals surface area contributed by atoms with Crippen molar-refractivity contribution in [2.75, 3.05) is 18.0 Å². The standard InChI is InChI=1S/C20H21FN2O2/c1-15(24)23(19-8-6-18(21)7-9-19)13-11-20(25)22-12-10-16-4-2-3-5-17(16)14-22/h2-9H,10-14H2,1H3. The van der Waals surface area contributed by atoms with Crippen LogP contribution in [0.3, 0.4) is 0 Å². The van der Waals surface area contributed by atoms with Crippen LogP contribution >= 0.6 is 0 Å². The predicted molar refractivity (Wildman–Crippen MR) is 94.6 cm³/mol. The summed E-state index contributed by atoms with van der Waals surface area (Å²) in [6.45, 7) is 3.06. The first kappa shape index (κ1) is 17.1. The van der Waals surface area contributed by atoms with Gasteiger partial charge in [0.05, 0.1) is 0 Å². The van der Waals surface area contributed by atoms with Crippen molar-refractivity contribution in [1.29, 1.82) is 0 Å². The Bertz CT molecular complexity index is 774. The second-order valence-corrected chi connectivity index (χ2v) is 6.23. The molecule has 130 valence electrons. The molecular weight excluding hydrogens is 319 g/mol. The summed E-state index contributed by atoms with van der Waals surface area (Å²) < 4.78 is 13.1. The number of nitrogens with zero attached hydrogens (tertiary/aromatic N) is 2. The van der Waals surface area contributed by atoms with E-state index >= 15 is 0 Å². The summed E-state index contributed by atoms with van der Waals surface area (Å²) in [5.74, 6) is -0.485. The number of rotatable bonds is 4. The first-order chi connectivity index (χ1) is 12.0. The van der Waals surface area contributed by atoms with Gasteiger partial charge in [-0.1, -0.05) is 24.3 Å². The molecule has 25 heavy (non-hydrogen) atoms. The van der Waals surface area contributed by atoms with Crippen LogP contribution in [0.4, 0.5) is 10.1 Å². The molecule has 2 aromatic carbocycles. The average molecular weight is 340 g/mol. The summed E-state index contributed by atoms with van der Waals surface area (Å²) in [7, 11) is 0. The zero-order valence-electron chi connectivity index (χ0n) is 14.2. The first-order valence-corrected chi connectivity index (χ1v) is 8.43. The number of anilines is 1. The molecule has 0 N–H and O–H groups in total. The highest BCUT2D eigenvalue weighted by Gasteiger charge is 2.21. The fourth-order valence-corrected chi connectivity index (χ4v) is 3.16. The maximum absolute atomic E-state index is 13.1. The lowest BCUT2D eigenvalue weighted by Gasteiger charge is -2.30. The zero-order valence-corrected chi connectivity index (χ0v) is 14.2. The molecule has 0 saturated carbocycles. The van der Waals surface area contributed by atoms with Crippen molar-refractivity contribution in [3.63, 3.8) is 0 Å². The van der Waals surface area contributed by atoms with Gasteiger partial charge < -0.3 is 9.80 Å². The Labute approximate surface area is 146 Å². The maximum atomic E-state index is 13.1. The van der Waals surface area contributed by atoms with E-state index in [0.717, 1.165) is 6.42 Å². The second kappa shape index (κ2) is 7.47. The highest BCUT2D eigenvalue weighted by atomic mass is 19.1. The Morgan fingerprint density at radius 1 is 1.08 bits per heavy atom. The molecule has 0 aliphatic carbocycles. The van der Waals surface area contributed by atoms with Crippen molar-refractivity contribution in [1.82, 2.24) is 4.90 Å². The van der Waals surface area contributed by atoms with Crippen molar-refractivity contribution >= 4 is 17.5 Å². The highest BCUT2D eigenvalue weighted by molar-refractivity contribution is 5.92. The van der Waals surface area contributed by atoms with E-state index in [9.17, 15) is 14.0 Å².